The lowest BCUT2D eigenvalue weighted by molar-refractivity contribution is -0.144. The average molecular weight is 265 g/mol. The monoisotopic (exact) mass is 265 g/mol. The Hall–Kier alpha value is -1.39. The Balaban J connectivity index is 3.05. The van der Waals surface area contributed by atoms with E-state index in [-0.39, 0.29) is 12.1 Å². The molecule has 0 saturated heterocycles. The number of hydrogen-bond donors (Lipinski definition) is 2. The van der Waals surface area contributed by atoms with Crippen molar-refractivity contribution in [1.29, 1.82) is 0 Å². The van der Waals surface area contributed by atoms with Crippen molar-refractivity contribution in [3.05, 3.63) is 35.9 Å². The minimum atomic E-state index is -1.04. The van der Waals surface area contributed by atoms with Crippen LogP contribution in [0.1, 0.15) is 32.3 Å². The van der Waals surface area contributed by atoms with Crippen molar-refractivity contribution in [2.24, 2.45) is 5.73 Å². The number of ether oxygens (including phenoxy) is 1. The maximum Gasteiger partial charge on any atom is 0.315 e. The molecule has 0 saturated carbocycles. The normalized spacial score (nSPS) is 14.9. The second kappa shape index (κ2) is 6.17. The molecule has 0 spiro atoms. The summed E-state index contributed by atoms with van der Waals surface area (Å²) in [5.74, 6) is -0.881. The highest BCUT2D eigenvalue weighted by Crippen LogP contribution is 2.32. The topological polar surface area (TPSA) is 72.5 Å². The Morgan fingerprint density at radius 2 is 1.84 bits per heavy atom. The van der Waals surface area contributed by atoms with Crippen LogP contribution in [-0.4, -0.2) is 30.3 Å². The summed E-state index contributed by atoms with van der Waals surface area (Å²) in [7, 11) is 1.63. The fraction of sp³-hybridized carbons (Fsp3) is 0.533. The van der Waals surface area contributed by atoms with Gasteiger partial charge in [0.25, 0.3) is 0 Å². The van der Waals surface area contributed by atoms with Gasteiger partial charge in [0.05, 0.1) is 5.60 Å². The number of nitrogens with two attached hydrogens (primary N) is 1. The van der Waals surface area contributed by atoms with Gasteiger partial charge in [-0.25, -0.2) is 0 Å². The Morgan fingerprint density at radius 3 is 2.26 bits per heavy atom. The molecular formula is C15H23NO3. The first-order chi connectivity index (χ1) is 8.88. The van der Waals surface area contributed by atoms with Crippen LogP contribution in [0.25, 0.3) is 0 Å². The van der Waals surface area contributed by atoms with Gasteiger partial charge in [0.1, 0.15) is 5.41 Å². The smallest absolute Gasteiger partial charge is 0.315 e. The van der Waals surface area contributed by atoms with Crippen molar-refractivity contribution in [2.75, 3.05) is 13.7 Å². The zero-order valence-electron chi connectivity index (χ0n) is 11.8. The molecule has 1 atom stereocenters. The van der Waals surface area contributed by atoms with Gasteiger partial charge < -0.3 is 15.6 Å². The third-order valence-electron chi connectivity index (χ3n) is 3.79. The average Bonchev–Trinajstić information content (AvgIpc) is 2.41. The number of hydrogen-bond acceptors (Lipinski definition) is 3. The van der Waals surface area contributed by atoms with E-state index in [1.165, 1.54) is 0 Å². The highest BCUT2D eigenvalue weighted by molar-refractivity contribution is 5.81. The quantitative estimate of drug-likeness (QED) is 0.792. The van der Waals surface area contributed by atoms with Gasteiger partial charge in [-0.15, -0.1) is 0 Å². The van der Waals surface area contributed by atoms with E-state index in [0.29, 0.717) is 12.8 Å². The molecule has 3 N–H and O–H groups in total. The molecule has 4 heteroatoms. The summed E-state index contributed by atoms with van der Waals surface area (Å²) in [6.45, 7) is 3.97. The molecule has 0 heterocycles. The molecule has 1 aromatic carbocycles. The summed E-state index contributed by atoms with van der Waals surface area (Å²) in [5.41, 5.74) is 5.14. The van der Waals surface area contributed by atoms with Gasteiger partial charge in [0, 0.05) is 13.7 Å². The third-order valence-corrected chi connectivity index (χ3v) is 3.79. The van der Waals surface area contributed by atoms with Crippen molar-refractivity contribution >= 4 is 5.97 Å². The van der Waals surface area contributed by atoms with Crippen molar-refractivity contribution < 1.29 is 14.6 Å². The molecule has 0 aliphatic carbocycles. The number of carboxylic acids is 1. The summed E-state index contributed by atoms with van der Waals surface area (Å²) >= 11 is 0. The van der Waals surface area contributed by atoms with Crippen LogP contribution in [-0.2, 0) is 14.9 Å². The zero-order chi connectivity index (χ0) is 14.5. The van der Waals surface area contributed by atoms with E-state index >= 15 is 0 Å². The second-order valence-corrected chi connectivity index (χ2v) is 5.42. The first-order valence-electron chi connectivity index (χ1n) is 6.42. The lowest BCUT2D eigenvalue weighted by atomic mass is 9.75. The zero-order valence-corrected chi connectivity index (χ0v) is 11.8. The molecule has 0 bridgehead atoms. The number of carbonyl (C=O) groups is 1. The van der Waals surface area contributed by atoms with Gasteiger partial charge in [-0.3, -0.25) is 4.79 Å². The Bertz CT molecular complexity index is 417. The van der Waals surface area contributed by atoms with Gasteiger partial charge in [0.2, 0.25) is 0 Å². The molecule has 19 heavy (non-hydrogen) atoms. The SMILES string of the molecule is COC(C)(C)CCC(CN)(C(=O)O)c1ccccc1. The number of rotatable bonds is 7. The highest BCUT2D eigenvalue weighted by Gasteiger charge is 2.40. The summed E-state index contributed by atoms with van der Waals surface area (Å²) in [6, 6.07) is 9.18. The number of carboxylic acid groups (broad SMARTS) is 1. The molecule has 4 nitrogen and oxygen atoms in total. The minimum absolute atomic E-state index is 0.0755. The van der Waals surface area contributed by atoms with E-state index in [1.54, 1.807) is 7.11 Å². The maximum atomic E-state index is 11.7. The van der Waals surface area contributed by atoms with Gasteiger partial charge >= 0.3 is 5.97 Å². The molecule has 1 unspecified atom stereocenters. The largest absolute Gasteiger partial charge is 0.481 e. The maximum absolute atomic E-state index is 11.7. The lowest BCUT2D eigenvalue weighted by Gasteiger charge is -2.32. The molecule has 106 valence electrons. The molecule has 0 aliphatic rings. The van der Waals surface area contributed by atoms with Crippen molar-refractivity contribution in [3.63, 3.8) is 0 Å². The Labute approximate surface area is 114 Å². The van der Waals surface area contributed by atoms with Crippen molar-refractivity contribution in [1.82, 2.24) is 0 Å². The number of aliphatic carboxylic acids is 1. The molecule has 1 aromatic rings. The fourth-order valence-corrected chi connectivity index (χ4v) is 2.06. The van der Waals surface area contributed by atoms with Gasteiger partial charge in [-0.2, -0.15) is 0 Å². The fourth-order valence-electron chi connectivity index (χ4n) is 2.06. The third kappa shape index (κ3) is 3.55. The van der Waals surface area contributed by atoms with Crippen LogP contribution in [0, 0.1) is 0 Å². The molecule has 0 aromatic heterocycles. The molecule has 0 amide bonds. The van der Waals surface area contributed by atoms with E-state index < -0.39 is 11.4 Å². The predicted octanol–water partition coefficient (Wildman–Crippen LogP) is 2.17. The highest BCUT2D eigenvalue weighted by atomic mass is 16.5. The van der Waals surface area contributed by atoms with Crippen LogP contribution >= 0.6 is 0 Å². The van der Waals surface area contributed by atoms with E-state index in [1.807, 2.05) is 44.2 Å². The standard InChI is InChI=1S/C15H23NO3/c1-14(2,19-3)9-10-15(11-16,13(17)18)12-7-5-4-6-8-12/h4-8H,9-11,16H2,1-3H3,(H,17,18). The van der Waals surface area contributed by atoms with Crippen molar-refractivity contribution in [2.45, 2.75) is 37.7 Å². The minimum Gasteiger partial charge on any atom is -0.481 e. The number of benzene rings is 1. The van der Waals surface area contributed by atoms with Gasteiger partial charge in [-0.05, 0) is 32.3 Å². The van der Waals surface area contributed by atoms with Crippen LogP contribution in [0.3, 0.4) is 0 Å². The molecular weight excluding hydrogens is 242 g/mol. The predicted molar refractivity (Wildman–Crippen MR) is 75.1 cm³/mol. The summed E-state index contributed by atoms with van der Waals surface area (Å²) < 4.78 is 5.36. The Morgan fingerprint density at radius 1 is 1.26 bits per heavy atom. The van der Waals surface area contributed by atoms with E-state index in [9.17, 15) is 9.90 Å². The van der Waals surface area contributed by atoms with Crippen molar-refractivity contribution in [3.8, 4) is 0 Å². The molecule has 1 rings (SSSR count). The lowest BCUT2D eigenvalue weighted by Crippen LogP contribution is -2.44. The molecule has 0 aliphatic heterocycles. The first kappa shape index (κ1) is 15.7. The summed E-state index contributed by atoms with van der Waals surface area (Å²) in [4.78, 5) is 11.7. The molecule has 0 radical (unpaired) electrons. The van der Waals surface area contributed by atoms with Gasteiger partial charge in [-0.1, -0.05) is 30.3 Å². The van der Waals surface area contributed by atoms with Crippen LogP contribution in [0.4, 0.5) is 0 Å². The van der Waals surface area contributed by atoms with E-state index in [2.05, 4.69) is 0 Å². The Kier molecular flexibility index (Phi) is 5.09. The second-order valence-electron chi connectivity index (χ2n) is 5.42. The van der Waals surface area contributed by atoms with Crippen LogP contribution < -0.4 is 5.73 Å². The van der Waals surface area contributed by atoms with Crippen LogP contribution in [0.2, 0.25) is 0 Å². The molecule has 0 fully saturated rings. The summed E-state index contributed by atoms with van der Waals surface area (Å²) in [6.07, 6.45) is 1.07. The van der Waals surface area contributed by atoms with E-state index in [4.69, 9.17) is 10.5 Å². The summed E-state index contributed by atoms with van der Waals surface area (Å²) in [5, 5.41) is 9.63. The number of methoxy groups -OCH3 is 1. The van der Waals surface area contributed by atoms with Crippen LogP contribution in [0.15, 0.2) is 30.3 Å². The van der Waals surface area contributed by atoms with E-state index in [0.717, 1.165) is 5.56 Å². The first-order valence-corrected chi connectivity index (χ1v) is 6.42. The van der Waals surface area contributed by atoms with Gasteiger partial charge in [0.15, 0.2) is 0 Å². The van der Waals surface area contributed by atoms with Crippen LogP contribution in [0.5, 0.6) is 0 Å².